The van der Waals surface area contributed by atoms with Gasteiger partial charge < -0.3 is 25.1 Å². The van der Waals surface area contributed by atoms with E-state index in [2.05, 4.69) is 65.0 Å². The van der Waals surface area contributed by atoms with Crippen molar-refractivity contribution in [2.45, 2.75) is 50.8 Å². The SMILES string of the molecule is CC(C)c1coc(C(Nc2nsnc2Nc2csc(S(=O)(=O)N3CCN(C)CC3)c2O)C(C)(C)C)c1. The highest BCUT2D eigenvalue weighted by Crippen LogP contribution is 2.43. The Morgan fingerprint density at radius 1 is 1.14 bits per heavy atom. The molecule has 1 aliphatic rings. The number of furan rings is 1. The topological polar surface area (TPSA) is 124 Å². The number of piperazine rings is 1. The van der Waals surface area contributed by atoms with Crippen molar-refractivity contribution in [1.29, 1.82) is 0 Å². The van der Waals surface area contributed by atoms with E-state index in [-0.39, 0.29) is 27.1 Å². The molecule has 0 saturated carbocycles. The fourth-order valence-corrected chi connectivity index (χ4v) is 7.19. The number of aromatic nitrogens is 2. The molecule has 3 N–H and O–H groups in total. The van der Waals surface area contributed by atoms with Crippen LogP contribution in [0.5, 0.6) is 5.75 Å². The zero-order valence-electron chi connectivity index (χ0n) is 21.4. The molecule has 4 heterocycles. The van der Waals surface area contributed by atoms with Crippen molar-refractivity contribution in [3.63, 3.8) is 0 Å². The van der Waals surface area contributed by atoms with Gasteiger partial charge in [-0.15, -0.1) is 11.3 Å². The maximum atomic E-state index is 13.1. The lowest BCUT2D eigenvalue weighted by atomic mass is 9.85. The average molecular weight is 555 g/mol. The zero-order valence-corrected chi connectivity index (χ0v) is 23.9. The number of sulfonamides is 1. The summed E-state index contributed by atoms with van der Waals surface area (Å²) in [5.41, 5.74) is 1.19. The van der Waals surface area contributed by atoms with Gasteiger partial charge in [-0.05, 0) is 30.0 Å². The number of rotatable bonds is 8. The third-order valence-electron chi connectivity index (χ3n) is 6.25. The molecule has 10 nitrogen and oxygen atoms in total. The quantitative estimate of drug-likeness (QED) is 0.357. The second-order valence-electron chi connectivity index (χ2n) is 10.5. The minimum atomic E-state index is -3.79. The minimum Gasteiger partial charge on any atom is -0.504 e. The number of nitrogens with one attached hydrogen (secondary N) is 2. The van der Waals surface area contributed by atoms with E-state index in [0.29, 0.717) is 43.7 Å². The van der Waals surface area contributed by atoms with Crippen molar-refractivity contribution in [1.82, 2.24) is 18.0 Å². The van der Waals surface area contributed by atoms with Gasteiger partial charge in [0.15, 0.2) is 21.6 Å². The minimum absolute atomic E-state index is 0.0726. The number of aromatic hydroxyl groups is 1. The lowest BCUT2D eigenvalue weighted by Crippen LogP contribution is -2.46. The fraction of sp³-hybridized carbons (Fsp3) is 0.565. The van der Waals surface area contributed by atoms with Crippen LogP contribution < -0.4 is 10.6 Å². The smallest absolute Gasteiger partial charge is 0.256 e. The van der Waals surface area contributed by atoms with Crippen LogP contribution in [0.25, 0.3) is 0 Å². The standard InChI is InChI=1S/C23H34N6O4S3/c1-14(2)15-11-17(33-12-15)19(23(3,4)5)25-21-20(26-35-27-21)24-16-13-34-22(18(16)30)36(31,32)29-9-7-28(6)8-10-29/h11-14,19,30H,7-10H2,1-6H3,(H,24,26)(H,25,27). The lowest BCUT2D eigenvalue weighted by molar-refractivity contribution is 0.222. The molecule has 0 spiro atoms. The number of thiophene rings is 1. The van der Waals surface area contributed by atoms with Crippen molar-refractivity contribution in [3.8, 4) is 5.75 Å². The Kier molecular flexibility index (Phi) is 7.68. The molecular formula is C23H34N6O4S3. The Morgan fingerprint density at radius 3 is 2.42 bits per heavy atom. The first-order valence-electron chi connectivity index (χ1n) is 11.8. The number of likely N-dealkylation sites (N-methyl/N-ethyl adjacent to an activating group) is 1. The van der Waals surface area contributed by atoms with E-state index in [1.54, 1.807) is 11.6 Å². The molecule has 0 radical (unpaired) electrons. The molecule has 1 fully saturated rings. The second-order valence-corrected chi connectivity index (χ2v) is 14.0. The summed E-state index contributed by atoms with van der Waals surface area (Å²) < 4.78 is 42.3. The summed E-state index contributed by atoms with van der Waals surface area (Å²) in [5, 5.41) is 18.9. The van der Waals surface area contributed by atoms with E-state index in [1.165, 1.54) is 4.31 Å². The van der Waals surface area contributed by atoms with E-state index in [0.717, 1.165) is 34.4 Å². The van der Waals surface area contributed by atoms with Crippen molar-refractivity contribution >= 4 is 50.4 Å². The van der Waals surface area contributed by atoms with Crippen LogP contribution in [-0.2, 0) is 10.0 Å². The van der Waals surface area contributed by atoms with Gasteiger partial charge in [0.2, 0.25) is 0 Å². The molecule has 0 amide bonds. The van der Waals surface area contributed by atoms with Crippen LogP contribution in [0.15, 0.2) is 26.3 Å². The number of hydrogen-bond acceptors (Lipinski definition) is 11. The predicted molar refractivity (Wildman–Crippen MR) is 144 cm³/mol. The molecule has 1 saturated heterocycles. The molecule has 36 heavy (non-hydrogen) atoms. The molecule has 13 heteroatoms. The van der Waals surface area contributed by atoms with Crippen LogP contribution in [0, 0.1) is 5.41 Å². The third kappa shape index (κ3) is 5.54. The maximum absolute atomic E-state index is 13.1. The Balaban J connectivity index is 1.55. The van der Waals surface area contributed by atoms with Gasteiger partial charge in [-0.3, -0.25) is 0 Å². The van der Waals surface area contributed by atoms with Gasteiger partial charge in [0.25, 0.3) is 10.0 Å². The summed E-state index contributed by atoms with van der Waals surface area (Å²) in [6, 6.07) is 1.86. The molecule has 4 rings (SSSR count). The molecule has 0 bridgehead atoms. The molecule has 3 aromatic rings. The molecule has 1 aliphatic heterocycles. The van der Waals surface area contributed by atoms with Crippen LogP contribution in [0.3, 0.4) is 0 Å². The van der Waals surface area contributed by atoms with Gasteiger partial charge in [-0.2, -0.15) is 13.1 Å². The number of nitrogens with zero attached hydrogens (tertiary/aromatic N) is 4. The average Bonchev–Trinajstić information content (AvgIpc) is 3.53. The zero-order chi connectivity index (χ0) is 26.3. The molecule has 0 aromatic carbocycles. The highest BCUT2D eigenvalue weighted by molar-refractivity contribution is 7.91. The second kappa shape index (κ2) is 10.3. The van der Waals surface area contributed by atoms with Crippen LogP contribution in [-0.4, -0.2) is 64.7 Å². The van der Waals surface area contributed by atoms with Crippen LogP contribution in [0.1, 0.15) is 57.9 Å². The van der Waals surface area contributed by atoms with E-state index in [4.69, 9.17) is 4.42 Å². The number of anilines is 3. The van der Waals surface area contributed by atoms with E-state index in [1.807, 2.05) is 7.05 Å². The fourth-order valence-electron chi connectivity index (χ4n) is 3.92. The Hall–Kier alpha value is -2.19. The first-order chi connectivity index (χ1) is 16.9. The molecule has 1 unspecified atom stereocenters. The Labute approximate surface area is 220 Å². The van der Waals surface area contributed by atoms with Gasteiger partial charge in [-0.25, -0.2) is 8.42 Å². The molecule has 3 aromatic heterocycles. The lowest BCUT2D eigenvalue weighted by Gasteiger charge is -2.31. The normalized spacial score (nSPS) is 17.0. The summed E-state index contributed by atoms with van der Waals surface area (Å²) in [6.45, 7) is 12.6. The van der Waals surface area contributed by atoms with Gasteiger partial charge in [0.05, 0.1) is 29.7 Å². The van der Waals surface area contributed by atoms with Gasteiger partial charge >= 0.3 is 0 Å². The van der Waals surface area contributed by atoms with Crippen molar-refractivity contribution in [3.05, 3.63) is 29.0 Å². The van der Waals surface area contributed by atoms with Crippen molar-refractivity contribution in [2.24, 2.45) is 5.41 Å². The van der Waals surface area contributed by atoms with E-state index < -0.39 is 10.0 Å². The largest absolute Gasteiger partial charge is 0.504 e. The van der Waals surface area contributed by atoms with Crippen LogP contribution >= 0.6 is 23.1 Å². The Morgan fingerprint density at radius 2 is 1.81 bits per heavy atom. The molecule has 1 atom stereocenters. The third-order valence-corrected chi connectivity index (χ3v) is 10.2. The first kappa shape index (κ1) is 26.9. The molecule has 0 aliphatic carbocycles. The summed E-state index contributed by atoms with van der Waals surface area (Å²) in [5.74, 6) is 1.74. The van der Waals surface area contributed by atoms with Crippen LogP contribution in [0.4, 0.5) is 17.3 Å². The van der Waals surface area contributed by atoms with Crippen molar-refractivity contribution < 1.29 is 17.9 Å². The predicted octanol–water partition coefficient (Wildman–Crippen LogP) is 4.90. The van der Waals surface area contributed by atoms with Gasteiger partial charge in [-0.1, -0.05) is 34.6 Å². The first-order valence-corrected chi connectivity index (χ1v) is 14.9. The summed E-state index contributed by atoms with van der Waals surface area (Å²) >= 11 is 2.01. The van der Waals surface area contributed by atoms with Crippen LogP contribution in [0.2, 0.25) is 0 Å². The number of hydrogen-bond donors (Lipinski definition) is 3. The van der Waals surface area contributed by atoms with E-state index in [9.17, 15) is 13.5 Å². The maximum Gasteiger partial charge on any atom is 0.256 e. The van der Waals surface area contributed by atoms with Gasteiger partial charge in [0.1, 0.15) is 5.76 Å². The van der Waals surface area contributed by atoms with Gasteiger partial charge in [0, 0.05) is 31.6 Å². The Bertz CT molecular complexity index is 1280. The summed E-state index contributed by atoms with van der Waals surface area (Å²) in [6.07, 6.45) is 1.78. The summed E-state index contributed by atoms with van der Waals surface area (Å²) in [7, 11) is -1.83. The highest BCUT2D eigenvalue weighted by Gasteiger charge is 2.34. The summed E-state index contributed by atoms with van der Waals surface area (Å²) in [4.78, 5) is 2.08. The monoisotopic (exact) mass is 554 g/mol. The van der Waals surface area contributed by atoms with Crippen molar-refractivity contribution in [2.75, 3.05) is 43.9 Å². The molecular weight excluding hydrogens is 520 g/mol. The highest BCUT2D eigenvalue weighted by atomic mass is 32.2. The molecule has 198 valence electrons. The van der Waals surface area contributed by atoms with E-state index >= 15 is 0 Å².